The number of H-pyrrole nitrogens is 1. The second-order valence-corrected chi connectivity index (χ2v) is 7.20. The Bertz CT molecular complexity index is 1080. The lowest BCUT2D eigenvalue weighted by Crippen LogP contribution is -2.33. The number of pyridine rings is 2. The highest BCUT2D eigenvalue weighted by Crippen LogP contribution is 2.27. The van der Waals surface area contributed by atoms with Crippen LogP contribution in [0.3, 0.4) is 0 Å². The minimum absolute atomic E-state index is 0.147. The minimum Gasteiger partial charge on any atom is -0.334 e. The maximum Gasteiger partial charge on any atom is 0.319 e. The molecule has 148 valence electrons. The molecular weight excluding hydrogens is 366 g/mol. The van der Waals surface area contributed by atoms with Crippen LogP contribution in [0.4, 0.5) is 10.5 Å². The van der Waals surface area contributed by atoms with Crippen LogP contribution in [0.15, 0.2) is 59.7 Å². The van der Waals surface area contributed by atoms with Crippen LogP contribution < -0.4 is 16.2 Å². The van der Waals surface area contributed by atoms with E-state index >= 15 is 0 Å². The third kappa shape index (κ3) is 4.35. The lowest BCUT2D eigenvalue weighted by atomic mass is 10.0. The molecule has 7 nitrogen and oxygen atoms in total. The van der Waals surface area contributed by atoms with E-state index in [0.717, 1.165) is 41.9 Å². The van der Waals surface area contributed by atoms with Crippen molar-refractivity contribution in [3.8, 4) is 11.1 Å². The molecule has 0 unspecified atom stereocenters. The van der Waals surface area contributed by atoms with E-state index in [9.17, 15) is 9.59 Å². The van der Waals surface area contributed by atoms with E-state index in [2.05, 4.69) is 32.5 Å². The van der Waals surface area contributed by atoms with E-state index in [1.54, 1.807) is 12.4 Å². The van der Waals surface area contributed by atoms with Gasteiger partial charge in [-0.25, -0.2) is 4.79 Å². The van der Waals surface area contributed by atoms with E-state index in [1.807, 2.05) is 42.5 Å². The van der Waals surface area contributed by atoms with Crippen molar-refractivity contribution < 1.29 is 4.79 Å². The first-order valence-electron chi connectivity index (χ1n) is 9.57. The first-order chi connectivity index (χ1) is 14.1. The van der Waals surface area contributed by atoms with Crippen molar-refractivity contribution in [2.45, 2.75) is 19.5 Å². The number of nitrogens with one attached hydrogen (secondary N) is 3. The van der Waals surface area contributed by atoms with Gasteiger partial charge >= 0.3 is 6.03 Å². The molecule has 0 radical (unpaired) electrons. The number of para-hydroxylation sites is 1. The summed E-state index contributed by atoms with van der Waals surface area (Å²) in [5.41, 5.74) is 5.07. The molecule has 0 aliphatic carbocycles. The summed E-state index contributed by atoms with van der Waals surface area (Å²) in [6.07, 6.45) is 4.26. The molecule has 0 saturated carbocycles. The zero-order valence-electron chi connectivity index (χ0n) is 16.2. The van der Waals surface area contributed by atoms with Crippen molar-refractivity contribution in [1.82, 2.24) is 20.2 Å². The number of benzene rings is 1. The molecule has 0 atom stereocenters. The maximum atomic E-state index is 12.5. The smallest absolute Gasteiger partial charge is 0.319 e. The average molecular weight is 389 g/mol. The van der Waals surface area contributed by atoms with Crippen LogP contribution >= 0.6 is 0 Å². The Kier molecular flexibility index (Phi) is 5.39. The van der Waals surface area contributed by atoms with Crippen LogP contribution in [0.1, 0.15) is 16.8 Å². The predicted molar refractivity (Wildman–Crippen MR) is 113 cm³/mol. The third-order valence-electron chi connectivity index (χ3n) is 5.08. The summed E-state index contributed by atoms with van der Waals surface area (Å²) >= 11 is 0. The highest BCUT2D eigenvalue weighted by atomic mass is 16.2. The molecule has 0 fully saturated rings. The lowest BCUT2D eigenvalue weighted by molar-refractivity contribution is 0.251. The quantitative estimate of drug-likeness (QED) is 0.640. The van der Waals surface area contributed by atoms with Gasteiger partial charge in [-0.2, -0.15) is 0 Å². The zero-order valence-corrected chi connectivity index (χ0v) is 16.2. The van der Waals surface area contributed by atoms with Gasteiger partial charge in [-0.1, -0.05) is 18.2 Å². The summed E-state index contributed by atoms with van der Waals surface area (Å²) in [5.74, 6) is 0. The fourth-order valence-electron chi connectivity index (χ4n) is 3.55. The van der Waals surface area contributed by atoms with Crippen LogP contribution in [0.2, 0.25) is 0 Å². The molecule has 7 heteroatoms. The van der Waals surface area contributed by atoms with Crippen molar-refractivity contribution in [3.05, 3.63) is 82.0 Å². The first-order valence-corrected chi connectivity index (χ1v) is 9.57. The Morgan fingerprint density at radius 1 is 1.21 bits per heavy atom. The number of hydrogen-bond donors (Lipinski definition) is 3. The van der Waals surface area contributed by atoms with Gasteiger partial charge in [0.15, 0.2) is 0 Å². The highest BCUT2D eigenvalue weighted by molar-refractivity contribution is 5.94. The molecule has 29 heavy (non-hydrogen) atoms. The molecule has 3 N–H and O–H groups in total. The fraction of sp³-hybridized carbons (Fsp3) is 0.227. The van der Waals surface area contributed by atoms with Crippen LogP contribution in [0, 0.1) is 0 Å². The largest absolute Gasteiger partial charge is 0.334 e. The number of carbonyl (C=O) groups is 1. The zero-order chi connectivity index (χ0) is 20.2. The Hall–Kier alpha value is -3.45. The molecule has 2 amide bonds. The summed E-state index contributed by atoms with van der Waals surface area (Å²) in [6.45, 7) is 1.89. The van der Waals surface area contributed by atoms with E-state index in [-0.39, 0.29) is 18.1 Å². The topological polar surface area (TPSA) is 90.1 Å². The molecule has 1 aliphatic heterocycles. The van der Waals surface area contributed by atoms with E-state index in [0.29, 0.717) is 11.3 Å². The fourth-order valence-corrected chi connectivity index (χ4v) is 3.55. The Morgan fingerprint density at radius 3 is 2.83 bits per heavy atom. The van der Waals surface area contributed by atoms with Crippen LogP contribution in [0.5, 0.6) is 0 Å². The monoisotopic (exact) mass is 389 g/mol. The number of amides is 2. The SMILES string of the molecule is CN1CCc2[nH]c(=O)c(CNC(=O)Nc3ccccc3-c3ccncc3)cc2C1. The second-order valence-electron chi connectivity index (χ2n) is 7.20. The Morgan fingerprint density at radius 2 is 2.00 bits per heavy atom. The molecular formula is C22H23N5O2. The van der Waals surface area contributed by atoms with Crippen LogP contribution in [0.25, 0.3) is 11.1 Å². The maximum absolute atomic E-state index is 12.5. The Labute approximate surface area is 168 Å². The molecule has 3 heterocycles. The van der Waals surface area contributed by atoms with Crippen molar-refractivity contribution in [1.29, 1.82) is 0 Å². The van der Waals surface area contributed by atoms with Gasteiger partial charge in [-0.15, -0.1) is 0 Å². The predicted octanol–water partition coefficient (Wildman–Crippen LogP) is 2.75. The normalized spacial score (nSPS) is 13.6. The minimum atomic E-state index is -0.360. The van der Waals surface area contributed by atoms with Gasteiger partial charge in [0.05, 0.1) is 5.69 Å². The number of nitrogens with zero attached hydrogens (tertiary/aromatic N) is 2. The number of carbonyl (C=O) groups excluding carboxylic acids is 1. The molecule has 3 aromatic rings. The van der Waals surface area contributed by atoms with Crippen molar-refractivity contribution in [2.75, 3.05) is 18.9 Å². The summed E-state index contributed by atoms with van der Waals surface area (Å²) < 4.78 is 0. The number of hydrogen-bond acceptors (Lipinski definition) is 4. The van der Waals surface area contributed by atoms with Gasteiger partial charge in [-0.3, -0.25) is 9.78 Å². The van der Waals surface area contributed by atoms with E-state index < -0.39 is 0 Å². The van der Waals surface area contributed by atoms with Gasteiger partial charge in [-0.05, 0) is 42.4 Å². The number of likely N-dealkylation sites (N-methyl/N-ethyl adjacent to an activating group) is 1. The lowest BCUT2D eigenvalue weighted by Gasteiger charge is -2.24. The molecule has 0 spiro atoms. The second kappa shape index (κ2) is 8.28. The molecule has 2 aromatic heterocycles. The summed E-state index contributed by atoms with van der Waals surface area (Å²) in [7, 11) is 2.06. The standard InChI is InChI=1S/C22H23N5O2/c1-27-11-8-19-17(14-27)12-16(21(28)25-19)13-24-22(29)26-20-5-3-2-4-18(20)15-6-9-23-10-7-15/h2-7,9-10,12H,8,11,13-14H2,1H3,(H,25,28)(H2,24,26,29). The molecule has 0 bridgehead atoms. The van der Waals surface area contributed by atoms with Gasteiger partial charge in [0.1, 0.15) is 0 Å². The van der Waals surface area contributed by atoms with Crippen molar-refractivity contribution in [3.63, 3.8) is 0 Å². The summed E-state index contributed by atoms with van der Waals surface area (Å²) in [4.78, 5) is 34.0. The van der Waals surface area contributed by atoms with Crippen molar-refractivity contribution >= 4 is 11.7 Å². The molecule has 4 rings (SSSR count). The molecule has 1 aromatic carbocycles. The van der Waals surface area contributed by atoms with Crippen LogP contribution in [-0.2, 0) is 19.5 Å². The van der Waals surface area contributed by atoms with Crippen molar-refractivity contribution in [2.24, 2.45) is 0 Å². The van der Waals surface area contributed by atoms with E-state index in [1.165, 1.54) is 0 Å². The third-order valence-corrected chi connectivity index (χ3v) is 5.08. The molecule has 0 saturated heterocycles. The van der Waals surface area contributed by atoms with Gasteiger partial charge < -0.3 is 20.5 Å². The first kappa shape index (κ1) is 18.9. The Balaban J connectivity index is 1.46. The number of urea groups is 1. The number of fused-ring (bicyclic) bond motifs is 1. The number of rotatable bonds is 4. The van der Waals surface area contributed by atoms with Crippen LogP contribution in [-0.4, -0.2) is 34.5 Å². The van der Waals surface area contributed by atoms with Gasteiger partial charge in [0.2, 0.25) is 0 Å². The average Bonchev–Trinajstić information content (AvgIpc) is 2.73. The molecule has 1 aliphatic rings. The number of anilines is 1. The summed E-state index contributed by atoms with van der Waals surface area (Å²) in [6, 6.07) is 12.9. The van der Waals surface area contributed by atoms with E-state index in [4.69, 9.17) is 0 Å². The summed E-state index contributed by atoms with van der Waals surface area (Å²) in [5, 5.41) is 5.67. The van der Waals surface area contributed by atoms with Gasteiger partial charge in [0, 0.05) is 55.3 Å². The number of aromatic amines is 1. The highest BCUT2D eigenvalue weighted by Gasteiger charge is 2.16. The van der Waals surface area contributed by atoms with Gasteiger partial charge in [0.25, 0.3) is 5.56 Å². The number of aromatic nitrogens is 2.